The molecule has 0 amide bonds. The Bertz CT molecular complexity index is 53.6. The lowest BCUT2D eigenvalue weighted by Gasteiger charge is -2.00. The molecule has 0 bridgehead atoms. The van der Waals surface area contributed by atoms with E-state index in [0.717, 1.165) is 19.3 Å². The summed E-state index contributed by atoms with van der Waals surface area (Å²) in [5.74, 6) is 0.347. The molecule has 0 N–H and O–H groups in total. The molecule has 2 atom stereocenters. The van der Waals surface area contributed by atoms with E-state index in [1.807, 2.05) is 20.8 Å². The minimum absolute atomic E-state index is 0.347. The molecule has 0 aromatic carbocycles. The van der Waals surface area contributed by atoms with Gasteiger partial charge in [0.05, 0.1) is 0 Å². The van der Waals surface area contributed by atoms with E-state index in [2.05, 4.69) is 0 Å². The van der Waals surface area contributed by atoms with Gasteiger partial charge in [-0.1, -0.05) is 27.2 Å². The lowest BCUT2D eigenvalue weighted by molar-refractivity contribution is 0.278. The van der Waals surface area contributed by atoms with Crippen molar-refractivity contribution in [2.45, 2.75) is 46.2 Å². The van der Waals surface area contributed by atoms with Gasteiger partial charge in [-0.25, -0.2) is 4.39 Å². The molecule has 1 aliphatic rings. The second-order valence-corrected chi connectivity index (χ2v) is 2.42. The van der Waals surface area contributed by atoms with Crippen LogP contribution in [-0.2, 0) is 0 Å². The van der Waals surface area contributed by atoms with E-state index < -0.39 is 6.17 Å². The topological polar surface area (TPSA) is 0 Å². The largest absolute Gasteiger partial charge is 0.247 e. The molecule has 0 radical (unpaired) electrons. The zero-order chi connectivity index (χ0) is 7.28. The fraction of sp³-hybridized carbons (Fsp3) is 1.00. The van der Waals surface area contributed by atoms with Crippen molar-refractivity contribution in [3.8, 4) is 0 Å². The fourth-order valence-electron chi connectivity index (χ4n) is 1.10. The normalized spacial score (nSPS) is 33.3. The molecule has 1 saturated carbocycles. The summed E-state index contributed by atoms with van der Waals surface area (Å²) in [7, 11) is 0. The van der Waals surface area contributed by atoms with Crippen molar-refractivity contribution < 1.29 is 4.39 Å². The Morgan fingerprint density at radius 2 is 1.78 bits per heavy atom. The van der Waals surface area contributed by atoms with Gasteiger partial charge in [-0.2, -0.15) is 0 Å². The zero-order valence-corrected chi connectivity index (χ0v) is 6.65. The monoisotopic (exact) mass is 132 g/mol. The summed E-state index contributed by atoms with van der Waals surface area (Å²) in [5.41, 5.74) is 0. The minimum atomic E-state index is -0.486. The van der Waals surface area contributed by atoms with E-state index in [0.29, 0.717) is 5.92 Å². The maximum Gasteiger partial charge on any atom is 0.103 e. The quantitative estimate of drug-likeness (QED) is 0.475. The van der Waals surface area contributed by atoms with Crippen molar-refractivity contribution in [1.82, 2.24) is 0 Å². The Morgan fingerprint density at radius 1 is 1.22 bits per heavy atom. The second-order valence-electron chi connectivity index (χ2n) is 2.42. The molecule has 1 heteroatoms. The van der Waals surface area contributed by atoms with Crippen molar-refractivity contribution in [3.63, 3.8) is 0 Å². The van der Waals surface area contributed by atoms with Crippen LogP contribution in [0.15, 0.2) is 0 Å². The van der Waals surface area contributed by atoms with Crippen molar-refractivity contribution in [2.75, 3.05) is 0 Å². The van der Waals surface area contributed by atoms with Gasteiger partial charge in [0.1, 0.15) is 6.17 Å². The first-order valence-corrected chi connectivity index (χ1v) is 3.95. The fourth-order valence-corrected chi connectivity index (χ4v) is 1.10. The van der Waals surface area contributed by atoms with E-state index in [4.69, 9.17) is 0 Å². The van der Waals surface area contributed by atoms with Crippen LogP contribution >= 0.6 is 0 Å². The van der Waals surface area contributed by atoms with Gasteiger partial charge < -0.3 is 0 Å². The molecule has 9 heavy (non-hydrogen) atoms. The van der Waals surface area contributed by atoms with Crippen LogP contribution in [0.1, 0.15) is 40.0 Å². The summed E-state index contributed by atoms with van der Waals surface area (Å²) in [4.78, 5) is 0. The molecule has 56 valence electrons. The molecular weight excluding hydrogens is 115 g/mol. The third-order valence-electron chi connectivity index (χ3n) is 1.76. The van der Waals surface area contributed by atoms with Gasteiger partial charge in [0.15, 0.2) is 0 Å². The van der Waals surface area contributed by atoms with E-state index >= 15 is 0 Å². The number of alkyl halides is 1. The van der Waals surface area contributed by atoms with Gasteiger partial charge in [-0.15, -0.1) is 0 Å². The smallest absolute Gasteiger partial charge is 0.103 e. The summed E-state index contributed by atoms with van der Waals surface area (Å²) >= 11 is 0. The Hall–Kier alpha value is -0.0700. The van der Waals surface area contributed by atoms with Crippen molar-refractivity contribution in [3.05, 3.63) is 0 Å². The molecule has 0 unspecified atom stereocenters. The Labute approximate surface area is 57.5 Å². The van der Waals surface area contributed by atoms with Gasteiger partial charge in [0.25, 0.3) is 0 Å². The highest BCUT2D eigenvalue weighted by Crippen LogP contribution is 2.26. The number of hydrogen-bond acceptors (Lipinski definition) is 0. The molecule has 1 fully saturated rings. The average molecular weight is 132 g/mol. The van der Waals surface area contributed by atoms with Crippen LogP contribution in [0, 0.1) is 5.92 Å². The van der Waals surface area contributed by atoms with Crippen molar-refractivity contribution >= 4 is 0 Å². The maximum absolute atomic E-state index is 12.3. The summed E-state index contributed by atoms with van der Waals surface area (Å²) in [6, 6.07) is 0. The highest BCUT2D eigenvalue weighted by molar-refractivity contribution is 4.72. The molecule has 0 aliphatic heterocycles. The van der Waals surface area contributed by atoms with Crippen molar-refractivity contribution in [1.29, 1.82) is 0 Å². The van der Waals surface area contributed by atoms with Crippen LogP contribution in [-0.4, -0.2) is 6.17 Å². The third kappa shape index (κ3) is 2.83. The molecule has 0 saturated heterocycles. The first-order valence-electron chi connectivity index (χ1n) is 3.95. The predicted molar refractivity (Wildman–Crippen MR) is 39.3 cm³/mol. The Balaban J connectivity index is 0.000000291. The molecule has 0 nitrogen and oxygen atoms in total. The summed E-state index contributed by atoms with van der Waals surface area (Å²) in [6.45, 7) is 5.98. The molecule has 0 aromatic rings. The summed E-state index contributed by atoms with van der Waals surface area (Å²) in [6.07, 6.45) is 2.52. The van der Waals surface area contributed by atoms with Gasteiger partial charge in [-0.05, 0) is 18.8 Å². The highest BCUT2D eigenvalue weighted by Gasteiger charge is 2.21. The number of halogens is 1. The predicted octanol–water partition coefficient (Wildman–Crippen LogP) is 3.17. The molecule has 0 heterocycles. The SMILES string of the molecule is CC.C[C@H]1CCC[C@H]1F. The lowest BCUT2D eigenvalue weighted by atomic mass is 10.1. The molecule has 0 spiro atoms. The minimum Gasteiger partial charge on any atom is -0.247 e. The number of hydrogen-bond donors (Lipinski definition) is 0. The second kappa shape index (κ2) is 4.78. The van der Waals surface area contributed by atoms with Crippen LogP contribution in [0.4, 0.5) is 4.39 Å². The van der Waals surface area contributed by atoms with Gasteiger partial charge >= 0.3 is 0 Å². The van der Waals surface area contributed by atoms with E-state index in [9.17, 15) is 4.39 Å². The van der Waals surface area contributed by atoms with E-state index in [-0.39, 0.29) is 0 Å². The number of rotatable bonds is 0. The van der Waals surface area contributed by atoms with Gasteiger partial charge in [-0.3, -0.25) is 0 Å². The summed E-state index contributed by atoms with van der Waals surface area (Å²) in [5, 5.41) is 0. The summed E-state index contributed by atoms with van der Waals surface area (Å²) < 4.78 is 12.3. The average Bonchev–Trinajstić information content (AvgIpc) is 2.23. The van der Waals surface area contributed by atoms with Gasteiger partial charge in [0, 0.05) is 0 Å². The third-order valence-corrected chi connectivity index (χ3v) is 1.76. The molecule has 1 rings (SSSR count). The molecule has 0 aromatic heterocycles. The lowest BCUT2D eigenvalue weighted by Crippen LogP contribution is -2.01. The van der Waals surface area contributed by atoms with E-state index in [1.54, 1.807) is 0 Å². The first kappa shape index (κ1) is 8.93. The Morgan fingerprint density at radius 3 is 1.89 bits per heavy atom. The first-order chi connectivity index (χ1) is 4.30. The Kier molecular flexibility index (Phi) is 4.74. The van der Waals surface area contributed by atoms with E-state index in [1.165, 1.54) is 0 Å². The standard InChI is InChI=1S/C6H11F.C2H6/c1-5-3-2-4-6(5)7;1-2/h5-6H,2-4H2,1H3;1-2H3/t5-,6+;/m0./s1. The molecular formula is C8H17F. The van der Waals surface area contributed by atoms with Crippen molar-refractivity contribution in [2.24, 2.45) is 5.92 Å². The van der Waals surface area contributed by atoms with Crippen LogP contribution in [0.5, 0.6) is 0 Å². The maximum atomic E-state index is 12.3. The zero-order valence-electron chi connectivity index (χ0n) is 6.65. The van der Waals surface area contributed by atoms with Crippen LogP contribution in [0.2, 0.25) is 0 Å². The van der Waals surface area contributed by atoms with Crippen LogP contribution in [0.3, 0.4) is 0 Å². The van der Waals surface area contributed by atoms with Gasteiger partial charge in [0.2, 0.25) is 0 Å². The van der Waals surface area contributed by atoms with Crippen LogP contribution in [0.25, 0.3) is 0 Å². The molecule has 1 aliphatic carbocycles. The highest BCUT2D eigenvalue weighted by atomic mass is 19.1. The van der Waals surface area contributed by atoms with Crippen LogP contribution < -0.4 is 0 Å².